The van der Waals surface area contributed by atoms with Crippen molar-refractivity contribution in [3.8, 4) is 0 Å². The minimum absolute atomic E-state index is 0.192. The number of nitrogens with one attached hydrogen (secondary N) is 3. The highest BCUT2D eigenvalue weighted by Gasteiger charge is 2.47. The number of nitrogens with two attached hydrogens (primary N) is 1. The number of carbonyl (C=O) groups is 2. The monoisotopic (exact) mass is 298 g/mol. The number of esters is 2. The minimum atomic E-state index is -0.333. The predicted molar refractivity (Wildman–Crippen MR) is 78.5 cm³/mol. The maximum atomic E-state index is 11.6. The molecule has 0 spiro atoms. The van der Waals surface area contributed by atoms with Crippen molar-refractivity contribution in [2.75, 3.05) is 39.3 Å². The Morgan fingerprint density at radius 2 is 1.62 bits per heavy atom. The molecule has 0 aromatic rings. The molecule has 1 saturated heterocycles. The first-order chi connectivity index (χ1) is 10.2. The summed E-state index contributed by atoms with van der Waals surface area (Å²) in [5.41, 5.74) is 5.38. The van der Waals surface area contributed by atoms with Crippen molar-refractivity contribution in [2.24, 2.45) is 17.6 Å². The lowest BCUT2D eigenvalue weighted by molar-refractivity contribution is -0.153. The first-order valence-corrected chi connectivity index (χ1v) is 7.82. The molecule has 0 aromatic heterocycles. The summed E-state index contributed by atoms with van der Waals surface area (Å²) in [6.07, 6.45) is 2.40. The molecule has 3 atom stereocenters. The normalized spacial score (nSPS) is 28.5. The number of ether oxygens (including phenoxy) is 1. The second-order valence-electron chi connectivity index (χ2n) is 5.71. The van der Waals surface area contributed by atoms with E-state index in [1.807, 2.05) is 0 Å². The average molecular weight is 298 g/mol. The summed E-state index contributed by atoms with van der Waals surface area (Å²) in [6, 6.07) is 0.307. The molecule has 0 radical (unpaired) electrons. The molecule has 21 heavy (non-hydrogen) atoms. The Labute approximate surface area is 125 Å². The fraction of sp³-hybridized carbons (Fsp3) is 0.857. The van der Waals surface area contributed by atoms with Crippen LogP contribution in [0.5, 0.6) is 0 Å². The highest BCUT2D eigenvalue weighted by molar-refractivity contribution is 5.96. The van der Waals surface area contributed by atoms with Crippen LogP contribution in [0.4, 0.5) is 0 Å². The molecule has 2 rings (SSSR count). The summed E-state index contributed by atoms with van der Waals surface area (Å²) in [5, 5.41) is 10.0. The van der Waals surface area contributed by atoms with Crippen LogP contribution in [-0.4, -0.2) is 57.2 Å². The molecule has 1 aliphatic carbocycles. The number of carbonyl (C=O) groups excluding carboxylic acids is 2. The molecule has 120 valence electrons. The van der Waals surface area contributed by atoms with Gasteiger partial charge in [0.2, 0.25) is 0 Å². The van der Waals surface area contributed by atoms with Crippen molar-refractivity contribution >= 4 is 11.9 Å². The van der Waals surface area contributed by atoms with Crippen LogP contribution in [0.1, 0.15) is 19.3 Å². The summed E-state index contributed by atoms with van der Waals surface area (Å²) in [6.45, 7) is 5.09. The van der Waals surface area contributed by atoms with E-state index in [4.69, 9.17) is 10.5 Å². The van der Waals surface area contributed by atoms with Crippen molar-refractivity contribution in [1.82, 2.24) is 16.0 Å². The van der Waals surface area contributed by atoms with E-state index in [0.717, 1.165) is 45.6 Å². The van der Waals surface area contributed by atoms with Gasteiger partial charge in [0.25, 0.3) is 0 Å². The quantitative estimate of drug-likeness (QED) is 0.235. The highest BCUT2D eigenvalue weighted by Crippen LogP contribution is 2.36. The SMILES string of the molecule is NCCNCCNCCNC1CCC2C(=O)OC(=O)C2C1. The molecule has 2 fully saturated rings. The van der Waals surface area contributed by atoms with Crippen LogP contribution >= 0.6 is 0 Å². The fourth-order valence-electron chi connectivity index (χ4n) is 3.04. The molecule has 3 unspecified atom stereocenters. The fourth-order valence-corrected chi connectivity index (χ4v) is 3.04. The zero-order valence-electron chi connectivity index (χ0n) is 12.4. The standard InChI is InChI=1S/C14H26N4O3/c15-3-4-16-5-6-17-7-8-18-10-1-2-11-12(9-10)14(20)21-13(11)19/h10-12,16-18H,1-9,15H2. The summed E-state index contributed by atoms with van der Waals surface area (Å²) in [4.78, 5) is 23.0. The number of hydrogen-bond donors (Lipinski definition) is 4. The number of rotatable bonds is 9. The lowest BCUT2D eigenvalue weighted by Gasteiger charge is -2.28. The van der Waals surface area contributed by atoms with Crippen LogP contribution in [0.3, 0.4) is 0 Å². The Morgan fingerprint density at radius 1 is 0.952 bits per heavy atom. The summed E-state index contributed by atoms with van der Waals surface area (Å²) in [5.74, 6) is -1.07. The molecule has 2 aliphatic rings. The smallest absolute Gasteiger partial charge is 0.317 e. The predicted octanol–water partition coefficient (Wildman–Crippen LogP) is -1.42. The largest absolute Gasteiger partial charge is 0.393 e. The third kappa shape index (κ3) is 4.74. The summed E-state index contributed by atoms with van der Waals surface area (Å²) < 4.78 is 4.71. The third-order valence-corrected chi connectivity index (χ3v) is 4.19. The van der Waals surface area contributed by atoms with E-state index in [9.17, 15) is 9.59 Å². The molecule has 1 saturated carbocycles. The van der Waals surface area contributed by atoms with Gasteiger partial charge < -0.3 is 26.4 Å². The van der Waals surface area contributed by atoms with Gasteiger partial charge in [-0.2, -0.15) is 0 Å². The molecule has 0 aromatic carbocycles. The topological polar surface area (TPSA) is 105 Å². The Balaban J connectivity index is 1.54. The lowest BCUT2D eigenvalue weighted by atomic mass is 9.78. The van der Waals surface area contributed by atoms with E-state index < -0.39 is 0 Å². The van der Waals surface area contributed by atoms with Gasteiger partial charge in [0, 0.05) is 45.3 Å². The van der Waals surface area contributed by atoms with Gasteiger partial charge in [0.1, 0.15) is 0 Å². The van der Waals surface area contributed by atoms with Gasteiger partial charge in [-0.1, -0.05) is 0 Å². The molecule has 0 amide bonds. The maximum Gasteiger partial charge on any atom is 0.317 e. The molecular formula is C14H26N4O3. The van der Waals surface area contributed by atoms with E-state index in [1.54, 1.807) is 0 Å². The van der Waals surface area contributed by atoms with Crippen molar-refractivity contribution < 1.29 is 14.3 Å². The first kappa shape index (κ1) is 16.4. The van der Waals surface area contributed by atoms with Crippen LogP contribution in [0.15, 0.2) is 0 Å². The number of fused-ring (bicyclic) bond motifs is 1. The maximum absolute atomic E-state index is 11.6. The summed E-state index contributed by atoms with van der Waals surface area (Å²) in [7, 11) is 0. The zero-order valence-corrected chi connectivity index (χ0v) is 12.4. The van der Waals surface area contributed by atoms with Crippen LogP contribution < -0.4 is 21.7 Å². The number of cyclic esters (lactones) is 2. The van der Waals surface area contributed by atoms with Crippen molar-refractivity contribution in [3.05, 3.63) is 0 Å². The molecule has 7 nitrogen and oxygen atoms in total. The molecule has 1 heterocycles. The summed E-state index contributed by atoms with van der Waals surface area (Å²) >= 11 is 0. The first-order valence-electron chi connectivity index (χ1n) is 7.82. The van der Waals surface area contributed by atoms with Gasteiger partial charge in [-0.05, 0) is 19.3 Å². The second-order valence-corrected chi connectivity index (χ2v) is 5.71. The van der Waals surface area contributed by atoms with Gasteiger partial charge >= 0.3 is 11.9 Å². The van der Waals surface area contributed by atoms with Crippen LogP contribution in [0.2, 0.25) is 0 Å². The van der Waals surface area contributed by atoms with Crippen LogP contribution in [0.25, 0.3) is 0 Å². The highest BCUT2D eigenvalue weighted by atomic mass is 16.6. The third-order valence-electron chi connectivity index (χ3n) is 4.19. The average Bonchev–Trinajstić information content (AvgIpc) is 2.76. The number of hydrogen-bond acceptors (Lipinski definition) is 7. The van der Waals surface area contributed by atoms with Crippen LogP contribution in [-0.2, 0) is 14.3 Å². The van der Waals surface area contributed by atoms with Crippen LogP contribution in [0, 0.1) is 11.8 Å². The molecular weight excluding hydrogens is 272 g/mol. The Kier molecular flexibility index (Phi) is 6.56. The lowest BCUT2D eigenvalue weighted by Crippen LogP contribution is -2.42. The molecule has 5 N–H and O–H groups in total. The Hall–Kier alpha value is -1.02. The van der Waals surface area contributed by atoms with Crippen molar-refractivity contribution in [1.29, 1.82) is 0 Å². The van der Waals surface area contributed by atoms with Crippen molar-refractivity contribution in [3.63, 3.8) is 0 Å². The molecule has 7 heteroatoms. The second kappa shape index (κ2) is 8.43. The van der Waals surface area contributed by atoms with Gasteiger partial charge in [-0.25, -0.2) is 0 Å². The van der Waals surface area contributed by atoms with E-state index in [1.165, 1.54) is 0 Å². The van der Waals surface area contributed by atoms with Crippen molar-refractivity contribution in [2.45, 2.75) is 25.3 Å². The van der Waals surface area contributed by atoms with Gasteiger partial charge in [-0.3, -0.25) is 9.59 Å². The molecule has 1 aliphatic heterocycles. The molecule has 0 bridgehead atoms. The van der Waals surface area contributed by atoms with E-state index in [-0.39, 0.29) is 23.8 Å². The van der Waals surface area contributed by atoms with Gasteiger partial charge in [-0.15, -0.1) is 0 Å². The van der Waals surface area contributed by atoms with E-state index in [0.29, 0.717) is 19.0 Å². The zero-order chi connectivity index (χ0) is 15.1. The Morgan fingerprint density at radius 3 is 2.38 bits per heavy atom. The minimum Gasteiger partial charge on any atom is -0.393 e. The van der Waals surface area contributed by atoms with E-state index in [2.05, 4.69) is 16.0 Å². The van der Waals surface area contributed by atoms with Gasteiger partial charge in [0.15, 0.2) is 0 Å². The van der Waals surface area contributed by atoms with Gasteiger partial charge in [0.05, 0.1) is 11.8 Å². The Bertz CT molecular complexity index is 364. The van der Waals surface area contributed by atoms with E-state index >= 15 is 0 Å².